The number of fused-ring (bicyclic) bond motifs is 5. The Morgan fingerprint density at radius 3 is 2.55 bits per heavy atom. The molecule has 8 heteroatoms. The summed E-state index contributed by atoms with van der Waals surface area (Å²) >= 11 is 0. The first kappa shape index (κ1) is 33.2. The van der Waals surface area contributed by atoms with Crippen molar-refractivity contribution in [2.24, 2.45) is 45.6 Å². The maximum atomic E-state index is 11.6. The summed E-state index contributed by atoms with van der Waals surface area (Å²) in [4.78, 5) is 28.8. The van der Waals surface area contributed by atoms with Gasteiger partial charge in [0.05, 0.1) is 11.8 Å². The summed E-state index contributed by atoms with van der Waals surface area (Å²) in [7, 11) is 0. The molecule has 0 spiro atoms. The van der Waals surface area contributed by atoms with Gasteiger partial charge in [-0.2, -0.15) is 0 Å². The van der Waals surface area contributed by atoms with Gasteiger partial charge in [0.25, 0.3) is 0 Å². The van der Waals surface area contributed by atoms with Gasteiger partial charge in [-0.25, -0.2) is 0 Å². The number of hydrogen-bond acceptors (Lipinski definition) is 8. The molecule has 4 aliphatic carbocycles. The number of esters is 2. The lowest BCUT2D eigenvalue weighted by Gasteiger charge is -2.58. The van der Waals surface area contributed by atoms with E-state index >= 15 is 0 Å². The Hall–Kier alpha value is -2.19. The molecule has 0 amide bonds. The molecule has 3 fully saturated rings. The number of nitrogens with zero attached hydrogens (tertiary/aromatic N) is 1. The first-order valence-corrected chi connectivity index (χ1v) is 17.1. The van der Waals surface area contributed by atoms with E-state index in [9.17, 15) is 9.59 Å². The SMILES string of the molecule is CC(=O)OC[C@H]1OC(O[C@H]2CC[C@@]3(C)C(=CCC4C3CC[C@@]3(C)C4CC[C@@H]3/C(C)=N/OCCC(C)C)C2)C=C[C@@H]1OC(C)=O. The van der Waals surface area contributed by atoms with E-state index < -0.39 is 30.4 Å². The zero-order valence-electron chi connectivity index (χ0n) is 28.0. The number of oxime groups is 1. The van der Waals surface area contributed by atoms with Gasteiger partial charge in [0.1, 0.15) is 25.4 Å². The highest BCUT2D eigenvalue weighted by molar-refractivity contribution is 5.85. The van der Waals surface area contributed by atoms with E-state index in [0.29, 0.717) is 29.8 Å². The lowest BCUT2D eigenvalue weighted by atomic mass is 9.47. The topological polar surface area (TPSA) is 92.7 Å². The van der Waals surface area contributed by atoms with Crippen LogP contribution in [0.25, 0.3) is 0 Å². The zero-order chi connectivity index (χ0) is 31.6. The van der Waals surface area contributed by atoms with E-state index in [-0.39, 0.29) is 18.1 Å². The van der Waals surface area contributed by atoms with Crippen LogP contribution in [0.1, 0.15) is 106 Å². The van der Waals surface area contributed by atoms with Crippen LogP contribution in [-0.4, -0.2) is 55.5 Å². The molecule has 8 nitrogen and oxygen atoms in total. The average molecular weight is 614 g/mol. The number of carbonyl (C=O) groups excluding carboxylic acids is 2. The van der Waals surface area contributed by atoms with Crippen molar-refractivity contribution < 1.29 is 33.4 Å². The summed E-state index contributed by atoms with van der Waals surface area (Å²) in [5.74, 6) is 2.51. The molecule has 1 aliphatic heterocycles. The summed E-state index contributed by atoms with van der Waals surface area (Å²) in [6, 6.07) is 0. The summed E-state index contributed by atoms with van der Waals surface area (Å²) in [5.41, 5.74) is 3.27. The summed E-state index contributed by atoms with van der Waals surface area (Å²) in [6.07, 6.45) is 14.7. The molecule has 1 heterocycles. The van der Waals surface area contributed by atoms with Crippen molar-refractivity contribution >= 4 is 17.7 Å². The molecule has 3 saturated carbocycles. The molecule has 0 radical (unpaired) electrons. The van der Waals surface area contributed by atoms with Crippen LogP contribution < -0.4 is 0 Å². The third-order valence-electron chi connectivity index (χ3n) is 11.8. The van der Waals surface area contributed by atoms with E-state index in [1.54, 1.807) is 11.6 Å². The molecule has 0 N–H and O–H groups in total. The lowest BCUT2D eigenvalue weighted by Crippen LogP contribution is -2.51. The summed E-state index contributed by atoms with van der Waals surface area (Å²) in [5, 5.41) is 4.63. The maximum Gasteiger partial charge on any atom is 0.303 e. The first-order chi connectivity index (χ1) is 20.9. The highest BCUT2D eigenvalue weighted by Gasteiger charge is 2.59. The second kappa shape index (κ2) is 13.7. The van der Waals surface area contributed by atoms with Crippen molar-refractivity contribution in [2.75, 3.05) is 13.2 Å². The van der Waals surface area contributed by atoms with Gasteiger partial charge in [-0.05, 0) is 111 Å². The Labute approximate surface area is 264 Å². The van der Waals surface area contributed by atoms with E-state index in [4.69, 9.17) is 23.8 Å². The number of rotatable bonds is 10. The molecule has 0 aromatic rings. The van der Waals surface area contributed by atoms with Crippen molar-refractivity contribution in [3.05, 3.63) is 23.8 Å². The van der Waals surface area contributed by atoms with E-state index in [2.05, 4.69) is 45.9 Å². The van der Waals surface area contributed by atoms with Gasteiger partial charge in [0, 0.05) is 19.8 Å². The van der Waals surface area contributed by atoms with Crippen LogP contribution in [0.3, 0.4) is 0 Å². The monoisotopic (exact) mass is 613 g/mol. The van der Waals surface area contributed by atoms with Crippen LogP contribution in [0.15, 0.2) is 29.0 Å². The van der Waals surface area contributed by atoms with Crippen LogP contribution in [0.4, 0.5) is 0 Å². The predicted octanol–water partition coefficient (Wildman–Crippen LogP) is 7.17. The fraction of sp³-hybridized carbons (Fsp3) is 0.806. The number of allylic oxidation sites excluding steroid dienone is 1. The van der Waals surface area contributed by atoms with Crippen molar-refractivity contribution in [3.8, 4) is 0 Å². The molecular formula is C36H55NO7. The molecule has 5 aliphatic rings. The van der Waals surface area contributed by atoms with Crippen LogP contribution >= 0.6 is 0 Å². The Balaban J connectivity index is 1.22. The molecule has 4 unspecified atom stereocenters. The van der Waals surface area contributed by atoms with Gasteiger partial charge in [-0.1, -0.05) is 44.5 Å². The molecule has 0 bridgehead atoms. The fourth-order valence-corrected chi connectivity index (χ4v) is 9.46. The quantitative estimate of drug-likeness (QED) is 0.0848. The lowest BCUT2D eigenvalue weighted by molar-refractivity contribution is -0.213. The summed E-state index contributed by atoms with van der Waals surface area (Å²) in [6.45, 7) is 15.1. The Morgan fingerprint density at radius 1 is 1.02 bits per heavy atom. The zero-order valence-corrected chi connectivity index (χ0v) is 28.0. The maximum absolute atomic E-state index is 11.6. The molecule has 246 valence electrons. The van der Waals surface area contributed by atoms with Gasteiger partial charge in [0.2, 0.25) is 0 Å². The van der Waals surface area contributed by atoms with E-state index in [1.807, 2.05) is 6.08 Å². The van der Waals surface area contributed by atoms with Crippen LogP contribution in [0.2, 0.25) is 0 Å². The van der Waals surface area contributed by atoms with Gasteiger partial charge in [-0.3, -0.25) is 9.59 Å². The molecule has 44 heavy (non-hydrogen) atoms. The van der Waals surface area contributed by atoms with Crippen LogP contribution in [0.5, 0.6) is 0 Å². The van der Waals surface area contributed by atoms with Gasteiger partial charge in [0.15, 0.2) is 6.29 Å². The van der Waals surface area contributed by atoms with Gasteiger partial charge < -0.3 is 23.8 Å². The Morgan fingerprint density at radius 2 is 1.82 bits per heavy atom. The third kappa shape index (κ3) is 6.96. The van der Waals surface area contributed by atoms with E-state index in [1.165, 1.54) is 45.2 Å². The minimum Gasteiger partial charge on any atom is -0.463 e. The second-order valence-corrected chi connectivity index (χ2v) is 15.0. The number of carbonyl (C=O) groups is 2. The molecule has 5 rings (SSSR count). The first-order valence-electron chi connectivity index (χ1n) is 17.1. The van der Waals surface area contributed by atoms with Crippen molar-refractivity contribution in [2.45, 2.75) is 131 Å². The molecule has 0 aromatic heterocycles. The van der Waals surface area contributed by atoms with Crippen molar-refractivity contribution in [1.82, 2.24) is 0 Å². The number of hydrogen-bond donors (Lipinski definition) is 0. The van der Waals surface area contributed by atoms with Crippen molar-refractivity contribution in [1.29, 1.82) is 0 Å². The summed E-state index contributed by atoms with van der Waals surface area (Å²) < 4.78 is 23.2. The van der Waals surface area contributed by atoms with Gasteiger partial charge in [-0.15, -0.1) is 0 Å². The minimum absolute atomic E-state index is 0.00587. The molecule has 0 saturated heterocycles. The van der Waals surface area contributed by atoms with Gasteiger partial charge >= 0.3 is 11.9 Å². The highest BCUT2D eigenvalue weighted by Crippen LogP contribution is 2.66. The predicted molar refractivity (Wildman–Crippen MR) is 169 cm³/mol. The number of ether oxygens (including phenoxy) is 4. The molecular weight excluding hydrogens is 558 g/mol. The largest absolute Gasteiger partial charge is 0.463 e. The average Bonchev–Trinajstić information content (AvgIpc) is 3.32. The van der Waals surface area contributed by atoms with Crippen LogP contribution in [0, 0.1) is 40.4 Å². The standard InChI is InChI=1S/C36H55NO7/c1-22(2)16-19-41-37-23(3)29-10-11-30-28-9-8-26-20-27(14-17-35(26,6)31(28)15-18-36(29,30)7)43-34-13-12-32(42-25(5)39)33(44-34)21-40-24(4)38/h8,12-13,22,27-34H,9-11,14-21H2,1-7H3/b37-23+/t27-,28?,29+,30?,31?,32-,33+,34?,35-,36+/m0/s1. The molecule has 0 aromatic carbocycles. The van der Waals surface area contributed by atoms with Crippen LogP contribution in [-0.2, 0) is 33.4 Å². The highest BCUT2D eigenvalue weighted by atomic mass is 16.7. The fourth-order valence-electron chi connectivity index (χ4n) is 9.46. The molecule has 10 atom stereocenters. The third-order valence-corrected chi connectivity index (χ3v) is 11.8. The van der Waals surface area contributed by atoms with Crippen molar-refractivity contribution in [3.63, 3.8) is 0 Å². The minimum atomic E-state index is -0.612. The Bertz CT molecular complexity index is 1150. The Kier molecular flexibility index (Phi) is 10.3. The van der Waals surface area contributed by atoms with E-state index in [0.717, 1.165) is 43.9 Å². The normalized spacial score (nSPS) is 40.0. The smallest absolute Gasteiger partial charge is 0.303 e. The second-order valence-electron chi connectivity index (χ2n) is 15.0.